The van der Waals surface area contributed by atoms with E-state index in [1.807, 2.05) is 68.4 Å². The van der Waals surface area contributed by atoms with Gasteiger partial charge in [0.2, 0.25) is 5.91 Å². The normalized spacial score (nSPS) is 17.2. The first-order chi connectivity index (χ1) is 17.8. The lowest BCUT2D eigenvalue weighted by Gasteiger charge is -2.29. The standard InChI is InChI=1S/C29H28ClN5OS/c1-18(2)28(36)32-22-14-13-20(17-21(22)30)35-27(26(33-29(35)37)23-10-6-7-15-31-23)25-12-8-16-34(25)24-11-5-4-9-19(24)3/h4-18,26-27H,1-3H3,(H,32,36)(H,33,37)/t26-,27+/m0/s1. The Morgan fingerprint density at radius 2 is 1.86 bits per heavy atom. The lowest BCUT2D eigenvalue weighted by Crippen LogP contribution is -2.30. The number of anilines is 2. The molecule has 0 unspecified atom stereocenters. The highest BCUT2D eigenvalue weighted by Crippen LogP contribution is 2.43. The summed E-state index contributed by atoms with van der Waals surface area (Å²) in [4.78, 5) is 19.0. The molecule has 2 aromatic carbocycles. The Hall–Kier alpha value is -3.68. The average molecular weight is 530 g/mol. The summed E-state index contributed by atoms with van der Waals surface area (Å²) >= 11 is 12.5. The van der Waals surface area contributed by atoms with E-state index in [-0.39, 0.29) is 23.9 Å². The summed E-state index contributed by atoms with van der Waals surface area (Å²) in [5, 5.41) is 7.42. The van der Waals surface area contributed by atoms with E-state index in [4.69, 9.17) is 23.8 Å². The molecule has 1 amide bonds. The number of aromatic nitrogens is 2. The van der Waals surface area contributed by atoms with Gasteiger partial charge in [0.05, 0.1) is 22.4 Å². The molecule has 1 fully saturated rings. The summed E-state index contributed by atoms with van der Waals surface area (Å²) < 4.78 is 2.21. The minimum atomic E-state index is -0.204. The van der Waals surface area contributed by atoms with Crippen molar-refractivity contribution in [1.29, 1.82) is 0 Å². The van der Waals surface area contributed by atoms with E-state index < -0.39 is 0 Å². The fourth-order valence-corrected chi connectivity index (χ4v) is 5.22. The SMILES string of the molecule is Cc1ccccc1-n1cccc1[C@@H]1[C@H](c2ccccn2)NC(=S)N1c1ccc(NC(=O)C(C)C)c(Cl)c1. The molecule has 1 saturated heterocycles. The van der Waals surface area contributed by atoms with E-state index in [0.29, 0.717) is 15.8 Å². The number of thiocarbonyl (C=S) groups is 1. The van der Waals surface area contributed by atoms with Crippen LogP contribution in [0.25, 0.3) is 5.69 Å². The van der Waals surface area contributed by atoms with Crippen molar-refractivity contribution in [2.45, 2.75) is 32.9 Å². The third-order valence-electron chi connectivity index (χ3n) is 6.57. The molecule has 3 heterocycles. The van der Waals surface area contributed by atoms with Crippen LogP contribution in [-0.2, 0) is 4.79 Å². The first kappa shape index (κ1) is 25.0. The number of aryl methyl sites for hydroxylation is 1. The molecule has 1 aliphatic rings. The number of nitrogens with zero attached hydrogens (tertiary/aromatic N) is 3. The third kappa shape index (κ3) is 4.84. The van der Waals surface area contributed by atoms with Gasteiger partial charge in [-0.1, -0.05) is 49.7 Å². The predicted molar refractivity (Wildman–Crippen MR) is 153 cm³/mol. The summed E-state index contributed by atoms with van der Waals surface area (Å²) in [7, 11) is 0. The summed E-state index contributed by atoms with van der Waals surface area (Å²) in [6, 6.07) is 23.6. The van der Waals surface area contributed by atoms with Gasteiger partial charge in [-0.05, 0) is 73.2 Å². The summed E-state index contributed by atoms with van der Waals surface area (Å²) in [5.41, 5.74) is 5.62. The number of benzene rings is 2. The highest BCUT2D eigenvalue weighted by molar-refractivity contribution is 7.80. The molecule has 0 spiro atoms. The molecule has 0 aliphatic carbocycles. The van der Waals surface area contributed by atoms with Gasteiger partial charge in [-0.25, -0.2) is 0 Å². The Morgan fingerprint density at radius 1 is 1.08 bits per heavy atom. The number of pyridine rings is 1. The van der Waals surface area contributed by atoms with Crippen molar-refractivity contribution in [3.63, 3.8) is 0 Å². The molecule has 37 heavy (non-hydrogen) atoms. The Bertz CT molecular complexity index is 1450. The Kier molecular flexibility index (Phi) is 7.00. The fourth-order valence-electron chi connectivity index (χ4n) is 4.65. The molecule has 2 aromatic heterocycles. The number of halogens is 1. The topological polar surface area (TPSA) is 62.2 Å². The van der Waals surface area contributed by atoms with E-state index in [2.05, 4.69) is 56.4 Å². The second-order valence-corrected chi connectivity index (χ2v) is 10.2. The van der Waals surface area contributed by atoms with Crippen LogP contribution in [0.15, 0.2) is 85.2 Å². The molecule has 8 heteroatoms. The van der Waals surface area contributed by atoms with Gasteiger partial charge in [-0.3, -0.25) is 9.78 Å². The number of para-hydroxylation sites is 1. The number of carbonyl (C=O) groups excluding carboxylic acids is 1. The van der Waals surface area contributed by atoms with Gasteiger partial charge in [0.15, 0.2) is 5.11 Å². The first-order valence-corrected chi connectivity index (χ1v) is 13.0. The third-order valence-corrected chi connectivity index (χ3v) is 7.20. The van der Waals surface area contributed by atoms with Crippen LogP contribution in [0.4, 0.5) is 11.4 Å². The maximum Gasteiger partial charge on any atom is 0.226 e. The smallest absolute Gasteiger partial charge is 0.226 e. The zero-order chi connectivity index (χ0) is 26.1. The Morgan fingerprint density at radius 3 is 2.57 bits per heavy atom. The van der Waals surface area contributed by atoms with Crippen LogP contribution < -0.4 is 15.5 Å². The molecular weight excluding hydrogens is 502 g/mol. The minimum absolute atomic E-state index is 0.0860. The van der Waals surface area contributed by atoms with E-state index in [1.165, 1.54) is 5.56 Å². The van der Waals surface area contributed by atoms with Crippen molar-refractivity contribution in [1.82, 2.24) is 14.9 Å². The van der Waals surface area contributed by atoms with Gasteiger partial charge < -0.3 is 20.1 Å². The largest absolute Gasteiger partial charge is 0.351 e. The molecule has 0 bridgehead atoms. The summed E-state index contributed by atoms with van der Waals surface area (Å²) in [5.74, 6) is -0.235. The van der Waals surface area contributed by atoms with E-state index >= 15 is 0 Å². The molecule has 2 N–H and O–H groups in total. The average Bonchev–Trinajstić information content (AvgIpc) is 3.50. The second-order valence-electron chi connectivity index (χ2n) is 9.39. The zero-order valence-corrected chi connectivity index (χ0v) is 22.4. The van der Waals surface area contributed by atoms with Crippen LogP contribution in [0, 0.1) is 12.8 Å². The maximum absolute atomic E-state index is 12.2. The lowest BCUT2D eigenvalue weighted by atomic mass is 10.0. The monoisotopic (exact) mass is 529 g/mol. The van der Waals surface area contributed by atoms with Gasteiger partial charge in [0.1, 0.15) is 6.04 Å². The van der Waals surface area contributed by atoms with E-state index in [9.17, 15) is 4.79 Å². The number of hydrogen-bond donors (Lipinski definition) is 2. The second kappa shape index (κ2) is 10.4. The summed E-state index contributed by atoms with van der Waals surface area (Å²) in [6.45, 7) is 5.80. The number of carbonyl (C=O) groups is 1. The minimum Gasteiger partial charge on any atom is -0.351 e. The van der Waals surface area contributed by atoms with Gasteiger partial charge in [-0.15, -0.1) is 0 Å². The molecule has 4 aromatic rings. The van der Waals surface area contributed by atoms with Crippen molar-refractivity contribution < 1.29 is 4.79 Å². The van der Waals surface area contributed by atoms with E-state index in [1.54, 1.807) is 6.20 Å². The van der Waals surface area contributed by atoms with E-state index in [0.717, 1.165) is 22.8 Å². The van der Waals surface area contributed by atoms with Crippen molar-refractivity contribution >= 4 is 46.2 Å². The van der Waals surface area contributed by atoms with Crippen molar-refractivity contribution in [3.05, 3.63) is 107 Å². The number of hydrogen-bond acceptors (Lipinski definition) is 3. The zero-order valence-electron chi connectivity index (χ0n) is 20.9. The molecule has 2 atom stereocenters. The number of nitrogens with one attached hydrogen (secondary N) is 2. The van der Waals surface area contributed by atoms with Crippen LogP contribution in [0.3, 0.4) is 0 Å². The van der Waals surface area contributed by atoms with Crippen LogP contribution in [0.2, 0.25) is 5.02 Å². The summed E-state index contributed by atoms with van der Waals surface area (Å²) in [6.07, 6.45) is 3.87. The van der Waals surface area contributed by atoms with Gasteiger partial charge in [0, 0.05) is 35.4 Å². The first-order valence-electron chi connectivity index (χ1n) is 12.2. The van der Waals surface area contributed by atoms with Crippen molar-refractivity contribution in [2.24, 2.45) is 5.92 Å². The number of rotatable bonds is 6. The molecular formula is C29H28ClN5OS. The van der Waals surface area contributed by atoms with Crippen LogP contribution in [-0.4, -0.2) is 20.6 Å². The molecule has 0 saturated carbocycles. The van der Waals surface area contributed by atoms with Crippen molar-refractivity contribution in [2.75, 3.05) is 10.2 Å². The van der Waals surface area contributed by atoms with Crippen LogP contribution in [0.5, 0.6) is 0 Å². The van der Waals surface area contributed by atoms with Gasteiger partial charge in [-0.2, -0.15) is 0 Å². The quantitative estimate of drug-likeness (QED) is 0.275. The van der Waals surface area contributed by atoms with Crippen LogP contribution >= 0.6 is 23.8 Å². The Labute approximate surface area is 227 Å². The highest BCUT2D eigenvalue weighted by Gasteiger charge is 2.42. The molecule has 5 rings (SSSR count). The molecule has 0 radical (unpaired) electrons. The van der Waals surface area contributed by atoms with Crippen molar-refractivity contribution in [3.8, 4) is 5.69 Å². The number of amides is 1. The molecule has 188 valence electrons. The maximum atomic E-state index is 12.2. The van der Waals surface area contributed by atoms with Gasteiger partial charge in [0.25, 0.3) is 0 Å². The van der Waals surface area contributed by atoms with Crippen LogP contribution in [0.1, 0.15) is 42.9 Å². The fraction of sp³-hybridized carbons (Fsp3) is 0.207. The van der Waals surface area contributed by atoms with Gasteiger partial charge >= 0.3 is 0 Å². The highest BCUT2D eigenvalue weighted by atomic mass is 35.5. The molecule has 6 nitrogen and oxygen atoms in total. The lowest BCUT2D eigenvalue weighted by molar-refractivity contribution is -0.118. The Balaban J connectivity index is 1.61. The predicted octanol–water partition coefficient (Wildman–Crippen LogP) is 6.61. The molecule has 1 aliphatic heterocycles.